The number of morpholine rings is 1. The highest BCUT2D eigenvalue weighted by molar-refractivity contribution is 7.98. The van der Waals surface area contributed by atoms with Crippen molar-refractivity contribution < 1.29 is 9.53 Å². The van der Waals surface area contributed by atoms with Gasteiger partial charge in [-0.3, -0.25) is 9.79 Å². The standard InChI is InChI=1S/C19H30N4O2S/c1-14-12-23(13-15(2)25-14)18(24)17-7-5-16(6-8-17)11-22-19(20-3)21-9-10-26-4/h5-8,14-15H,9-13H2,1-4H3,(H2,20,21,22). The van der Waals surface area contributed by atoms with Gasteiger partial charge in [0.15, 0.2) is 5.96 Å². The topological polar surface area (TPSA) is 66.0 Å². The molecule has 1 saturated heterocycles. The maximum Gasteiger partial charge on any atom is 0.254 e. The molecule has 2 unspecified atom stereocenters. The van der Waals surface area contributed by atoms with E-state index >= 15 is 0 Å². The van der Waals surface area contributed by atoms with E-state index < -0.39 is 0 Å². The molecule has 0 aliphatic carbocycles. The van der Waals surface area contributed by atoms with Gasteiger partial charge in [-0.2, -0.15) is 11.8 Å². The summed E-state index contributed by atoms with van der Waals surface area (Å²) in [5.41, 5.74) is 1.83. The van der Waals surface area contributed by atoms with E-state index in [0.717, 1.165) is 29.4 Å². The molecule has 1 aliphatic heterocycles. The van der Waals surface area contributed by atoms with Crippen LogP contribution in [0.25, 0.3) is 0 Å². The zero-order valence-corrected chi connectivity index (χ0v) is 16.9. The van der Waals surface area contributed by atoms with E-state index in [-0.39, 0.29) is 18.1 Å². The number of aliphatic imine (C=N–C) groups is 1. The van der Waals surface area contributed by atoms with Crippen LogP contribution in [-0.2, 0) is 11.3 Å². The van der Waals surface area contributed by atoms with Crippen LogP contribution in [0.5, 0.6) is 0 Å². The maximum atomic E-state index is 12.7. The number of hydrogen-bond donors (Lipinski definition) is 2. The predicted molar refractivity (Wildman–Crippen MR) is 109 cm³/mol. The Labute approximate surface area is 160 Å². The zero-order valence-electron chi connectivity index (χ0n) is 16.1. The predicted octanol–water partition coefficient (Wildman–Crippen LogP) is 1.96. The molecule has 0 radical (unpaired) electrons. The van der Waals surface area contributed by atoms with E-state index in [2.05, 4.69) is 21.9 Å². The van der Waals surface area contributed by atoms with Crippen LogP contribution in [0.3, 0.4) is 0 Å². The molecule has 2 atom stereocenters. The van der Waals surface area contributed by atoms with E-state index in [4.69, 9.17) is 4.74 Å². The molecule has 2 rings (SSSR count). The lowest BCUT2D eigenvalue weighted by molar-refractivity contribution is -0.0586. The number of benzene rings is 1. The fraction of sp³-hybridized carbons (Fsp3) is 0.579. The van der Waals surface area contributed by atoms with E-state index in [0.29, 0.717) is 19.6 Å². The summed E-state index contributed by atoms with van der Waals surface area (Å²) < 4.78 is 5.70. The van der Waals surface area contributed by atoms with Gasteiger partial charge in [-0.25, -0.2) is 0 Å². The molecule has 2 N–H and O–H groups in total. The summed E-state index contributed by atoms with van der Waals surface area (Å²) in [6, 6.07) is 7.77. The summed E-state index contributed by atoms with van der Waals surface area (Å²) in [5.74, 6) is 1.90. The number of nitrogens with one attached hydrogen (secondary N) is 2. The highest BCUT2D eigenvalue weighted by Gasteiger charge is 2.26. The summed E-state index contributed by atoms with van der Waals surface area (Å²) in [6.07, 6.45) is 2.24. The van der Waals surface area contributed by atoms with E-state index in [1.54, 1.807) is 18.8 Å². The molecule has 0 saturated carbocycles. The average Bonchev–Trinajstić information content (AvgIpc) is 2.63. The van der Waals surface area contributed by atoms with Gasteiger partial charge in [-0.1, -0.05) is 12.1 Å². The molecule has 6 nitrogen and oxygen atoms in total. The molecule has 1 aromatic carbocycles. The number of guanidine groups is 1. The van der Waals surface area contributed by atoms with Crippen LogP contribution >= 0.6 is 11.8 Å². The fourth-order valence-electron chi connectivity index (χ4n) is 2.97. The fourth-order valence-corrected chi connectivity index (χ4v) is 3.28. The highest BCUT2D eigenvalue weighted by atomic mass is 32.2. The Morgan fingerprint density at radius 1 is 1.23 bits per heavy atom. The highest BCUT2D eigenvalue weighted by Crippen LogP contribution is 2.15. The normalized spacial score (nSPS) is 20.8. The largest absolute Gasteiger partial charge is 0.372 e. The summed E-state index contributed by atoms with van der Waals surface area (Å²) in [4.78, 5) is 18.8. The van der Waals surface area contributed by atoms with Crippen molar-refractivity contribution in [3.05, 3.63) is 35.4 Å². The maximum absolute atomic E-state index is 12.7. The van der Waals surface area contributed by atoms with Crippen LogP contribution in [0.2, 0.25) is 0 Å². The van der Waals surface area contributed by atoms with Crippen LogP contribution < -0.4 is 10.6 Å². The molecule has 1 amide bonds. The molecule has 1 aliphatic rings. The average molecular weight is 379 g/mol. The second kappa shape index (κ2) is 10.4. The van der Waals surface area contributed by atoms with Crippen LogP contribution in [0.15, 0.2) is 29.3 Å². The lowest BCUT2D eigenvalue weighted by Crippen LogP contribution is -2.48. The number of nitrogens with zero attached hydrogens (tertiary/aromatic N) is 2. The summed E-state index contributed by atoms with van der Waals surface area (Å²) >= 11 is 1.80. The number of rotatable bonds is 6. The minimum absolute atomic E-state index is 0.0704. The van der Waals surface area contributed by atoms with Crippen LogP contribution in [0.4, 0.5) is 0 Å². The van der Waals surface area contributed by atoms with Gasteiger partial charge in [0.1, 0.15) is 0 Å². The first-order valence-corrected chi connectivity index (χ1v) is 10.4. The van der Waals surface area contributed by atoms with Crippen molar-refractivity contribution in [1.29, 1.82) is 0 Å². The number of carbonyl (C=O) groups is 1. The van der Waals surface area contributed by atoms with E-state index in [9.17, 15) is 4.79 Å². The zero-order chi connectivity index (χ0) is 18.9. The number of carbonyl (C=O) groups excluding carboxylic acids is 1. The summed E-state index contributed by atoms with van der Waals surface area (Å²) in [5, 5.41) is 6.55. The van der Waals surface area contributed by atoms with Gasteiger partial charge >= 0.3 is 0 Å². The van der Waals surface area contributed by atoms with Crippen molar-refractivity contribution in [2.75, 3.05) is 38.7 Å². The molecule has 0 bridgehead atoms. The minimum atomic E-state index is 0.0704. The lowest BCUT2D eigenvalue weighted by Gasteiger charge is -2.35. The van der Waals surface area contributed by atoms with Crippen molar-refractivity contribution in [3.63, 3.8) is 0 Å². The Morgan fingerprint density at radius 2 is 1.88 bits per heavy atom. The third kappa shape index (κ3) is 6.21. The quantitative estimate of drug-likeness (QED) is 0.450. The Balaban J connectivity index is 1.88. The number of thioether (sulfide) groups is 1. The van der Waals surface area contributed by atoms with Gasteiger partial charge < -0.3 is 20.3 Å². The lowest BCUT2D eigenvalue weighted by atomic mass is 10.1. The van der Waals surface area contributed by atoms with Crippen molar-refractivity contribution in [1.82, 2.24) is 15.5 Å². The third-order valence-electron chi connectivity index (χ3n) is 4.19. The van der Waals surface area contributed by atoms with Gasteiger partial charge in [0.25, 0.3) is 5.91 Å². The second-order valence-corrected chi connectivity index (χ2v) is 7.50. The Kier molecular flexibility index (Phi) is 8.25. The van der Waals surface area contributed by atoms with E-state index in [1.807, 2.05) is 43.0 Å². The van der Waals surface area contributed by atoms with Crippen LogP contribution in [0.1, 0.15) is 29.8 Å². The van der Waals surface area contributed by atoms with Crippen LogP contribution in [0, 0.1) is 0 Å². The van der Waals surface area contributed by atoms with Gasteiger partial charge in [-0.05, 0) is 37.8 Å². The molecule has 1 aromatic rings. The molecule has 7 heteroatoms. The molecular formula is C19H30N4O2S. The van der Waals surface area contributed by atoms with Gasteiger partial charge in [0, 0.05) is 44.5 Å². The van der Waals surface area contributed by atoms with Crippen molar-refractivity contribution >= 4 is 23.6 Å². The first kappa shape index (κ1) is 20.6. The Morgan fingerprint density at radius 3 is 2.46 bits per heavy atom. The van der Waals surface area contributed by atoms with Gasteiger partial charge in [0.2, 0.25) is 0 Å². The Bertz CT molecular complexity index is 596. The van der Waals surface area contributed by atoms with Crippen molar-refractivity contribution in [2.24, 2.45) is 4.99 Å². The molecule has 1 fully saturated rings. The molecule has 0 aromatic heterocycles. The molecule has 26 heavy (non-hydrogen) atoms. The Hall–Kier alpha value is -1.73. The number of hydrogen-bond acceptors (Lipinski definition) is 4. The van der Waals surface area contributed by atoms with Crippen molar-refractivity contribution in [2.45, 2.75) is 32.6 Å². The molecule has 0 spiro atoms. The number of amides is 1. The summed E-state index contributed by atoms with van der Waals surface area (Å²) in [7, 11) is 1.76. The van der Waals surface area contributed by atoms with Gasteiger partial charge in [0.05, 0.1) is 12.2 Å². The molecular weight excluding hydrogens is 348 g/mol. The second-order valence-electron chi connectivity index (χ2n) is 6.51. The third-order valence-corrected chi connectivity index (χ3v) is 4.80. The number of ether oxygens (including phenoxy) is 1. The van der Waals surface area contributed by atoms with E-state index in [1.165, 1.54) is 0 Å². The summed E-state index contributed by atoms with van der Waals surface area (Å²) in [6.45, 7) is 6.84. The first-order valence-electron chi connectivity index (χ1n) is 9.00. The smallest absolute Gasteiger partial charge is 0.254 e. The molecule has 1 heterocycles. The van der Waals surface area contributed by atoms with Crippen LogP contribution in [-0.4, -0.2) is 67.7 Å². The minimum Gasteiger partial charge on any atom is -0.372 e. The SMILES string of the molecule is CN=C(NCCSC)NCc1ccc(C(=O)N2CC(C)OC(C)C2)cc1. The molecule has 144 valence electrons. The van der Waals surface area contributed by atoms with Crippen molar-refractivity contribution in [3.8, 4) is 0 Å². The monoisotopic (exact) mass is 378 g/mol. The van der Waals surface area contributed by atoms with Gasteiger partial charge in [-0.15, -0.1) is 0 Å². The first-order chi connectivity index (χ1) is 12.5.